The molecule has 0 radical (unpaired) electrons. The van der Waals surface area contributed by atoms with Crippen LogP contribution in [0.2, 0.25) is 0 Å². The number of rotatable bonds is 3. The largest absolute Gasteiger partial charge is 0.349 e. The highest BCUT2D eigenvalue weighted by atomic mass is 16.2. The zero-order valence-electron chi connectivity index (χ0n) is 8.09. The fraction of sp³-hybridized carbons (Fsp3) is 0.875. The molecule has 0 saturated carbocycles. The van der Waals surface area contributed by atoms with Crippen LogP contribution in [0.4, 0.5) is 0 Å². The quantitative estimate of drug-likeness (QED) is 0.588. The van der Waals surface area contributed by atoms with Gasteiger partial charge in [0.1, 0.15) is 0 Å². The van der Waals surface area contributed by atoms with E-state index in [2.05, 4.69) is 0 Å². The number of hydrogen-bond acceptors (Lipinski definition) is 2. The van der Waals surface area contributed by atoms with Crippen LogP contribution < -0.4 is 0 Å². The third-order valence-corrected chi connectivity index (χ3v) is 1.50. The summed E-state index contributed by atoms with van der Waals surface area (Å²) in [5.74, 6) is 0.290. The molecule has 0 aliphatic rings. The molecule has 1 atom stereocenters. The van der Waals surface area contributed by atoms with Crippen molar-refractivity contribution in [2.45, 2.75) is 6.92 Å². The summed E-state index contributed by atoms with van der Waals surface area (Å²) < 4.78 is 0. The Morgan fingerprint density at radius 3 is 2.00 bits per heavy atom. The second-order valence-corrected chi connectivity index (χ2v) is 3.40. The SMILES string of the molecule is CC(CN(C)C)C(=O)N(C)C. The minimum Gasteiger partial charge on any atom is -0.349 e. The summed E-state index contributed by atoms with van der Waals surface area (Å²) in [6, 6.07) is 0. The van der Waals surface area contributed by atoms with E-state index in [1.54, 1.807) is 19.0 Å². The lowest BCUT2D eigenvalue weighted by molar-refractivity contribution is -0.132. The van der Waals surface area contributed by atoms with Crippen LogP contribution in [0, 0.1) is 5.92 Å². The molecule has 0 aliphatic heterocycles. The third kappa shape index (κ3) is 3.98. The molecule has 0 aromatic heterocycles. The molecule has 0 aromatic carbocycles. The molecule has 0 rings (SSSR count). The normalized spacial score (nSPS) is 13.3. The molecule has 3 nitrogen and oxygen atoms in total. The maximum absolute atomic E-state index is 11.3. The van der Waals surface area contributed by atoms with Crippen molar-refractivity contribution in [2.24, 2.45) is 5.92 Å². The van der Waals surface area contributed by atoms with Crippen molar-refractivity contribution in [3.05, 3.63) is 0 Å². The van der Waals surface area contributed by atoms with Crippen LogP contribution in [0.25, 0.3) is 0 Å². The zero-order chi connectivity index (χ0) is 9.02. The predicted molar refractivity (Wildman–Crippen MR) is 46.4 cm³/mol. The number of nitrogens with zero attached hydrogens (tertiary/aromatic N) is 2. The van der Waals surface area contributed by atoms with Gasteiger partial charge in [0.2, 0.25) is 5.91 Å². The van der Waals surface area contributed by atoms with E-state index in [4.69, 9.17) is 0 Å². The Balaban J connectivity index is 3.83. The molecule has 66 valence electrons. The summed E-state index contributed by atoms with van der Waals surface area (Å²) in [5.41, 5.74) is 0. The highest BCUT2D eigenvalue weighted by molar-refractivity contribution is 5.78. The molecule has 1 amide bonds. The highest BCUT2D eigenvalue weighted by Crippen LogP contribution is 1.99. The molecule has 0 N–H and O–H groups in total. The number of carbonyl (C=O) groups excluding carboxylic acids is 1. The number of hydrogen-bond donors (Lipinski definition) is 0. The molecule has 0 aromatic rings. The van der Waals surface area contributed by atoms with E-state index in [-0.39, 0.29) is 11.8 Å². The predicted octanol–water partition coefficient (Wildman–Crippen LogP) is 0.272. The summed E-state index contributed by atoms with van der Waals surface area (Å²) in [6.45, 7) is 2.76. The summed E-state index contributed by atoms with van der Waals surface area (Å²) in [4.78, 5) is 14.9. The zero-order valence-corrected chi connectivity index (χ0v) is 8.09. The molecule has 0 bridgehead atoms. The van der Waals surface area contributed by atoms with Crippen LogP contribution >= 0.6 is 0 Å². The maximum Gasteiger partial charge on any atom is 0.226 e. The summed E-state index contributed by atoms with van der Waals surface area (Å²) in [5, 5.41) is 0. The lowest BCUT2D eigenvalue weighted by atomic mass is 10.1. The van der Waals surface area contributed by atoms with Gasteiger partial charge in [0.15, 0.2) is 0 Å². The van der Waals surface area contributed by atoms with E-state index < -0.39 is 0 Å². The van der Waals surface area contributed by atoms with E-state index in [0.29, 0.717) is 0 Å². The van der Waals surface area contributed by atoms with Crippen LogP contribution in [0.1, 0.15) is 6.92 Å². The topological polar surface area (TPSA) is 23.6 Å². The molecule has 0 aliphatic carbocycles. The Morgan fingerprint density at radius 1 is 1.27 bits per heavy atom. The molecule has 0 fully saturated rings. The van der Waals surface area contributed by atoms with Crippen molar-refractivity contribution >= 4 is 5.91 Å². The molecule has 1 unspecified atom stereocenters. The van der Waals surface area contributed by atoms with E-state index in [1.807, 2.05) is 25.9 Å². The Bertz CT molecular complexity index is 132. The summed E-state index contributed by atoms with van der Waals surface area (Å²) in [6.07, 6.45) is 0. The Kier molecular flexibility index (Phi) is 4.11. The molecular weight excluding hydrogens is 140 g/mol. The van der Waals surface area contributed by atoms with Gasteiger partial charge in [-0.05, 0) is 14.1 Å². The van der Waals surface area contributed by atoms with Crippen LogP contribution in [0.15, 0.2) is 0 Å². The third-order valence-electron chi connectivity index (χ3n) is 1.50. The first-order valence-electron chi connectivity index (χ1n) is 3.81. The number of amides is 1. The van der Waals surface area contributed by atoms with E-state index >= 15 is 0 Å². The van der Waals surface area contributed by atoms with E-state index in [1.165, 1.54) is 0 Å². The molecular formula is C8H18N2O. The summed E-state index contributed by atoms with van der Waals surface area (Å²) in [7, 11) is 7.52. The Morgan fingerprint density at radius 2 is 1.73 bits per heavy atom. The van der Waals surface area contributed by atoms with Crippen molar-refractivity contribution in [3.8, 4) is 0 Å². The Labute approximate surface area is 69.0 Å². The van der Waals surface area contributed by atoms with Gasteiger partial charge in [-0.3, -0.25) is 4.79 Å². The van der Waals surface area contributed by atoms with Crippen molar-refractivity contribution in [2.75, 3.05) is 34.7 Å². The fourth-order valence-electron chi connectivity index (χ4n) is 1.07. The molecule has 0 heterocycles. The second-order valence-electron chi connectivity index (χ2n) is 3.40. The van der Waals surface area contributed by atoms with Gasteiger partial charge >= 0.3 is 0 Å². The average Bonchev–Trinajstić information content (AvgIpc) is 1.84. The lowest BCUT2D eigenvalue weighted by Gasteiger charge is -2.19. The first kappa shape index (κ1) is 10.4. The van der Waals surface area contributed by atoms with Gasteiger partial charge in [0, 0.05) is 26.6 Å². The van der Waals surface area contributed by atoms with Gasteiger partial charge in [-0.2, -0.15) is 0 Å². The van der Waals surface area contributed by atoms with Gasteiger partial charge in [-0.15, -0.1) is 0 Å². The van der Waals surface area contributed by atoms with Crippen LogP contribution in [-0.4, -0.2) is 50.4 Å². The van der Waals surface area contributed by atoms with Gasteiger partial charge in [-0.1, -0.05) is 6.92 Å². The Hall–Kier alpha value is -0.570. The van der Waals surface area contributed by atoms with Crippen molar-refractivity contribution < 1.29 is 4.79 Å². The number of carbonyl (C=O) groups is 1. The minimum atomic E-state index is 0.0972. The lowest BCUT2D eigenvalue weighted by Crippen LogP contribution is -2.34. The van der Waals surface area contributed by atoms with Gasteiger partial charge in [-0.25, -0.2) is 0 Å². The van der Waals surface area contributed by atoms with Crippen molar-refractivity contribution in [3.63, 3.8) is 0 Å². The monoisotopic (exact) mass is 158 g/mol. The second kappa shape index (κ2) is 4.34. The molecule has 3 heteroatoms. The average molecular weight is 158 g/mol. The minimum absolute atomic E-state index is 0.0972. The van der Waals surface area contributed by atoms with E-state index in [0.717, 1.165) is 6.54 Å². The first-order chi connectivity index (χ1) is 4.95. The van der Waals surface area contributed by atoms with Gasteiger partial charge < -0.3 is 9.80 Å². The van der Waals surface area contributed by atoms with Crippen LogP contribution in [-0.2, 0) is 4.79 Å². The van der Waals surface area contributed by atoms with Gasteiger partial charge in [0.05, 0.1) is 0 Å². The van der Waals surface area contributed by atoms with E-state index in [9.17, 15) is 4.79 Å². The summed E-state index contributed by atoms with van der Waals surface area (Å²) >= 11 is 0. The molecule has 0 spiro atoms. The van der Waals surface area contributed by atoms with Crippen LogP contribution in [0.3, 0.4) is 0 Å². The van der Waals surface area contributed by atoms with Crippen molar-refractivity contribution in [1.82, 2.24) is 9.80 Å². The van der Waals surface area contributed by atoms with Crippen LogP contribution in [0.5, 0.6) is 0 Å². The maximum atomic E-state index is 11.3. The first-order valence-corrected chi connectivity index (χ1v) is 3.81. The fourth-order valence-corrected chi connectivity index (χ4v) is 1.07. The smallest absolute Gasteiger partial charge is 0.226 e. The molecule has 0 saturated heterocycles. The van der Waals surface area contributed by atoms with Crippen molar-refractivity contribution in [1.29, 1.82) is 0 Å². The highest BCUT2D eigenvalue weighted by Gasteiger charge is 2.14. The molecule has 11 heavy (non-hydrogen) atoms. The standard InChI is InChI=1S/C8H18N2O/c1-7(6-9(2)3)8(11)10(4)5/h7H,6H2,1-5H3. The van der Waals surface area contributed by atoms with Gasteiger partial charge in [0.25, 0.3) is 0 Å².